The molecule has 0 radical (unpaired) electrons. The number of Topliss-reactive ketones (excluding diaryl/α,β-unsaturated/α-hetero) is 1. The van der Waals surface area contributed by atoms with Gasteiger partial charge in [0.15, 0.2) is 5.78 Å². The molecule has 0 spiro atoms. The molecule has 7 heteroatoms. The van der Waals surface area contributed by atoms with Crippen molar-refractivity contribution in [2.45, 2.75) is 64.7 Å². The van der Waals surface area contributed by atoms with Gasteiger partial charge >= 0.3 is 0 Å². The minimum atomic E-state index is -0.169. The van der Waals surface area contributed by atoms with Crippen molar-refractivity contribution in [1.29, 1.82) is 0 Å². The van der Waals surface area contributed by atoms with E-state index in [-0.39, 0.29) is 35.9 Å². The number of piperidine rings is 1. The third-order valence-corrected chi connectivity index (χ3v) is 5.33. The number of ether oxygens (including phenoxy) is 1. The van der Waals surface area contributed by atoms with E-state index < -0.39 is 0 Å². The maximum Gasteiger partial charge on any atom is 0.223 e. The lowest BCUT2D eigenvalue weighted by Gasteiger charge is -2.30. The normalized spacial score (nSPS) is 15.3. The lowest BCUT2D eigenvalue weighted by atomic mass is 9.96. The number of hydrogen-bond donors (Lipinski definition) is 0. The molecular formula is C23H31N3O4. The molecule has 0 atom stereocenters. The molecule has 1 aliphatic heterocycles. The standard InChI is InChI=1S/C23H31N3O4/c1-5-29-18-8-6-16(7-9-18)19(27)10-11-20(28)26-14-12-17(13-15-26)21-24-25-22(30-21)23(2,3)4/h6-9,17H,5,10-15H2,1-4H3. The zero-order chi connectivity index (χ0) is 21.7. The maximum absolute atomic E-state index is 12.6. The van der Waals surface area contributed by atoms with Crippen LogP contribution in [0.2, 0.25) is 0 Å². The van der Waals surface area contributed by atoms with Crippen LogP contribution in [0.15, 0.2) is 28.7 Å². The number of aromatic nitrogens is 2. The van der Waals surface area contributed by atoms with Gasteiger partial charge < -0.3 is 14.1 Å². The minimum absolute atomic E-state index is 0.0219. The van der Waals surface area contributed by atoms with Gasteiger partial charge in [-0.05, 0) is 44.0 Å². The first kappa shape index (κ1) is 22.0. The summed E-state index contributed by atoms with van der Waals surface area (Å²) in [6, 6.07) is 7.07. The number of carbonyl (C=O) groups excluding carboxylic acids is 2. The van der Waals surface area contributed by atoms with Gasteiger partial charge in [-0.25, -0.2) is 0 Å². The molecule has 1 aromatic heterocycles. The SMILES string of the molecule is CCOc1ccc(C(=O)CCC(=O)N2CCC(c3nnc(C(C)(C)C)o3)CC2)cc1. The van der Waals surface area contributed by atoms with E-state index in [9.17, 15) is 9.59 Å². The van der Waals surface area contributed by atoms with E-state index in [2.05, 4.69) is 10.2 Å². The fourth-order valence-electron chi connectivity index (χ4n) is 3.51. The second-order valence-corrected chi connectivity index (χ2v) is 8.73. The summed E-state index contributed by atoms with van der Waals surface area (Å²) >= 11 is 0. The molecule has 0 unspecified atom stereocenters. The summed E-state index contributed by atoms with van der Waals surface area (Å²) < 4.78 is 11.2. The second-order valence-electron chi connectivity index (χ2n) is 8.73. The smallest absolute Gasteiger partial charge is 0.223 e. The van der Waals surface area contributed by atoms with Gasteiger partial charge in [-0.1, -0.05) is 20.8 Å². The van der Waals surface area contributed by atoms with Crippen molar-refractivity contribution in [1.82, 2.24) is 15.1 Å². The molecule has 0 bridgehead atoms. The number of amides is 1. The molecule has 3 rings (SSSR count). The summed E-state index contributed by atoms with van der Waals surface area (Å²) in [6.07, 6.45) is 2.03. The number of likely N-dealkylation sites (tertiary alicyclic amines) is 1. The molecule has 1 fully saturated rings. The van der Waals surface area contributed by atoms with Crippen LogP contribution in [0.25, 0.3) is 0 Å². The second kappa shape index (κ2) is 9.41. The first-order valence-electron chi connectivity index (χ1n) is 10.7. The summed E-state index contributed by atoms with van der Waals surface area (Å²) in [7, 11) is 0. The van der Waals surface area contributed by atoms with Gasteiger partial charge in [-0.15, -0.1) is 10.2 Å². The van der Waals surface area contributed by atoms with Gasteiger partial charge in [0, 0.05) is 42.8 Å². The van der Waals surface area contributed by atoms with Gasteiger partial charge in [0.25, 0.3) is 0 Å². The van der Waals surface area contributed by atoms with Gasteiger partial charge in [0.05, 0.1) is 6.61 Å². The van der Waals surface area contributed by atoms with Crippen molar-refractivity contribution >= 4 is 11.7 Å². The Hall–Kier alpha value is -2.70. The minimum Gasteiger partial charge on any atom is -0.494 e. The average molecular weight is 414 g/mol. The quantitative estimate of drug-likeness (QED) is 0.634. The van der Waals surface area contributed by atoms with E-state index >= 15 is 0 Å². The highest BCUT2D eigenvalue weighted by Gasteiger charge is 2.29. The largest absolute Gasteiger partial charge is 0.494 e. The number of ketones is 1. The lowest BCUT2D eigenvalue weighted by Crippen LogP contribution is -2.38. The molecule has 1 saturated heterocycles. The van der Waals surface area contributed by atoms with Crippen LogP contribution >= 0.6 is 0 Å². The molecule has 1 aliphatic rings. The molecule has 0 N–H and O–H groups in total. The Morgan fingerprint density at radius 2 is 1.77 bits per heavy atom. The summed E-state index contributed by atoms with van der Waals surface area (Å²) in [5.41, 5.74) is 0.439. The molecular weight excluding hydrogens is 382 g/mol. The van der Waals surface area contributed by atoms with Crippen molar-refractivity contribution < 1.29 is 18.7 Å². The number of hydrogen-bond acceptors (Lipinski definition) is 6. The van der Waals surface area contributed by atoms with Gasteiger partial charge in [0.2, 0.25) is 17.7 Å². The highest BCUT2D eigenvalue weighted by molar-refractivity contribution is 5.98. The summed E-state index contributed by atoms with van der Waals surface area (Å²) in [5.74, 6) is 2.23. The van der Waals surface area contributed by atoms with Crippen molar-refractivity contribution in [3.05, 3.63) is 41.6 Å². The van der Waals surface area contributed by atoms with Crippen LogP contribution in [0.5, 0.6) is 5.75 Å². The summed E-state index contributed by atoms with van der Waals surface area (Å²) in [6.45, 7) is 9.92. The van der Waals surface area contributed by atoms with E-state index in [1.54, 1.807) is 24.3 Å². The Kier molecular flexibility index (Phi) is 6.90. The van der Waals surface area contributed by atoms with Gasteiger partial charge in [-0.3, -0.25) is 9.59 Å². The van der Waals surface area contributed by atoms with Crippen molar-refractivity contribution in [2.24, 2.45) is 0 Å². The number of benzene rings is 1. The number of carbonyl (C=O) groups is 2. The first-order chi connectivity index (χ1) is 14.3. The fraction of sp³-hybridized carbons (Fsp3) is 0.565. The zero-order valence-electron chi connectivity index (χ0n) is 18.3. The van der Waals surface area contributed by atoms with Crippen LogP contribution in [0.4, 0.5) is 0 Å². The zero-order valence-corrected chi connectivity index (χ0v) is 18.3. The van der Waals surface area contributed by atoms with Crippen LogP contribution in [-0.2, 0) is 10.2 Å². The van der Waals surface area contributed by atoms with E-state index in [0.29, 0.717) is 37.0 Å². The van der Waals surface area contributed by atoms with Gasteiger partial charge in [-0.2, -0.15) is 0 Å². The predicted molar refractivity (Wildman–Crippen MR) is 113 cm³/mol. The summed E-state index contributed by atoms with van der Waals surface area (Å²) in [4.78, 5) is 26.8. The topological polar surface area (TPSA) is 85.5 Å². The van der Waals surface area contributed by atoms with E-state index in [1.807, 2.05) is 32.6 Å². The number of nitrogens with zero attached hydrogens (tertiary/aromatic N) is 3. The number of rotatable bonds is 7. The van der Waals surface area contributed by atoms with E-state index in [1.165, 1.54) is 0 Å². The maximum atomic E-state index is 12.6. The van der Waals surface area contributed by atoms with Crippen molar-refractivity contribution in [2.75, 3.05) is 19.7 Å². The summed E-state index contributed by atoms with van der Waals surface area (Å²) in [5, 5.41) is 8.38. The molecule has 1 amide bonds. The van der Waals surface area contributed by atoms with Crippen molar-refractivity contribution in [3.8, 4) is 5.75 Å². The third-order valence-electron chi connectivity index (χ3n) is 5.33. The monoisotopic (exact) mass is 413 g/mol. The van der Waals surface area contributed by atoms with Crippen LogP contribution in [0, 0.1) is 0 Å². The fourth-order valence-corrected chi connectivity index (χ4v) is 3.51. The molecule has 2 aromatic rings. The highest BCUT2D eigenvalue weighted by atomic mass is 16.5. The Labute approximate surface area is 177 Å². The van der Waals surface area contributed by atoms with Crippen LogP contribution in [0.3, 0.4) is 0 Å². The lowest BCUT2D eigenvalue weighted by molar-refractivity contribution is -0.132. The van der Waals surface area contributed by atoms with Crippen LogP contribution < -0.4 is 4.74 Å². The molecule has 7 nitrogen and oxygen atoms in total. The molecule has 0 saturated carbocycles. The molecule has 1 aromatic carbocycles. The molecule has 2 heterocycles. The molecule has 162 valence electrons. The molecule has 0 aliphatic carbocycles. The average Bonchev–Trinajstić information content (AvgIpc) is 3.23. The Bertz CT molecular complexity index is 859. The van der Waals surface area contributed by atoms with Crippen molar-refractivity contribution in [3.63, 3.8) is 0 Å². The Balaban J connectivity index is 1.46. The first-order valence-corrected chi connectivity index (χ1v) is 10.7. The molecule has 30 heavy (non-hydrogen) atoms. The van der Waals surface area contributed by atoms with Crippen LogP contribution in [0.1, 0.15) is 81.4 Å². The Morgan fingerprint density at radius 3 is 2.33 bits per heavy atom. The van der Waals surface area contributed by atoms with E-state index in [4.69, 9.17) is 9.15 Å². The predicted octanol–water partition coefficient (Wildman–Crippen LogP) is 4.13. The highest BCUT2D eigenvalue weighted by Crippen LogP contribution is 2.30. The van der Waals surface area contributed by atoms with Gasteiger partial charge in [0.1, 0.15) is 5.75 Å². The third kappa shape index (κ3) is 5.46. The Morgan fingerprint density at radius 1 is 1.10 bits per heavy atom. The van der Waals surface area contributed by atoms with E-state index in [0.717, 1.165) is 18.6 Å². The van der Waals surface area contributed by atoms with Crippen LogP contribution in [-0.4, -0.2) is 46.5 Å².